The topological polar surface area (TPSA) is 130 Å². The minimum Gasteiger partial charge on any atom is -0.484 e. The number of rotatable bonds is 6. The monoisotopic (exact) mass is 351 g/mol. The number of non-ortho nitro benzene ring substituents is 1. The normalized spacial score (nSPS) is 14.1. The van der Waals surface area contributed by atoms with Crippen molar-refractivity contribution in [1.82, 2.24) is 9.80 Å². The van der Waals surface area contributed by atoms with E-state index in [4.69, 9.17) is 9.84 Å². The number of carboxylic acid groups (broad SMARTS) is 1. The second-order valence-corrected chi connectivity index (χ2v) is 5.37. The van der Waals surface area contributed by atoms with Gasteiger partial charge < -0.3 is 19.6 Å². The number of nitro groups is 1. The lowest BCUT2D eigenvalue weighted by Gasteiger charge is -2.34. The van der Waals surface area contributed by atoms with E-state index in [1.807, 2.05) is 0 Å². The van der Waals surface area contributed by atoms with Crippen LogP contribution in [-0.4, -0.2) is 70.4 Å². The van der Waals surface area contributed by atoms with Crippen molar-refractivity contribution >= 4 is 23.5 Å². The number of hydrogen-bond donors (Lipinski definition) is 1. The highest BCUT2D eigenvalue weighted by Gasteiger charge is 2.25. The van der Waals surface area contributed by atoms with Crippen molar-refractivity contribution in [2.45, 2.75) is 6.42 Å². The molecule has 1 aromatic carbocycles. The number of amides is 2. The predicted molar refractivity (Wildman–Crippen MR) is 84.0 cm³/mol. The molecule has 1 aliphatic heterocycles. The van der Waals surface area contributed by atoms with Crippen molar-refractivity contribution < 1.29 is 29.2 Å². The highest BCUT2D eigenvalue weighted by molar-refractivity contribution is 5.93. The van der Waals surface area contributed by atoms with Gasteiger partial charge in [0, 0.05) is 38.3 Å². The van der Waals surface area contributed by atoms with Crippen LogP contribution in [0.1, 0.15) is 6.42 Å². The second-order valence-electron chi connectivity index (χ2n) is 5.37. The zero-order valence-corrected chi connectivity index (χ0v) is 13.3. The molecule has 1 fully saturated rings. The Morgan fingerprint density at radius 1 is 1.04 bits per heavy atom. The molecule has 0 saturated carbocycles. The van der Waals surface area contributed by atoms with Gasteiger partial charge >= 0.3 is 5.97 Å². The lowest BCUT2D eigenvalue weighted by molar-refractivity contribution is -0.384. The largest absolute Gasteiger partial charge is 0.484 e. The molecule has 2 rings (SSSR count). The molecule has 10 heteroatoms. The average molecular weight is 351 g/mol. The van der Waals surface area contributed by atoms with E-state index in [0.717, 1.165) is 0 Å². The molecule has 0 aliphatic carbocycles. The number of aliphatic carboxylic acids is 1. The van der Waals surface area contributed by atoms with Gasteiger partial charge in [0.15, 0.2) is 6.61 Å². The number of carboxylic acids is 1. The molecule has 0 atom stereocenters. The summed E-state index contributed by atoms with van der Waals surface area (Å²) in [6, 6.07) is 5.39. The van der Waals surface area contributed by atoms with E-state index in [2.05, 4.69) is 0 Å². The van der Waals surface area contributed by atoms with Gasteiger partial charge in [0.25, 0.3) is 11.6 Å². The van der Waals surface area contributed by atoms with Crippen LogP contribution in [0.25, 0.3) is 0 Å². The summed E-state index contributed by atoms with van der Waals surface area (Å²) in [7, 11) is 0. The number of nitrogens with zero attached hydrogens (tertiary/aromatic N) is 3. The number of piperazine rings is 1. The van der Waals surface area contributed by atoms with Gasteiger partial charge in [-0.25, -0.2) is 0 Å². The number of hydrogen-bond acceptors (Lipinski definition) is 6. The fraction of sp³-hybridized carbons (Fsp3) is 0.400. The molecular weight excluding hydrogens is 334 g/mol. The Labute approximate surface area is 142 Å². The van der Waals surface area contributed by atoms with Crippen molar-refractivity contribution in [2.24, 2.45) is 0 Å². The van der Waals surface area contributed by atoms with Crippen molar-refractivity contribution in [3.8, 4) is 5.75 Å². The van der Waals surface area contributed by atoms with E-state index in [9.17, 15) is 24.5 Å². The third kappa shape index (κ3) is 5.16. The standard InChI is InChI=1S/C15H17N3O7/c19-13(9-15(21)22)16-5-7-17(8-6-16)14(20)10-25-12-3-1-11(2-4-12)18(23)24/h1-4H,5-10H2,(H,21,22). The first-order valence-corrected chi connectivity index (χ1v) is 7.51. The van der Waals surface area contributed by atoms with E-state index < -0.39 is 23.2 Å². The Hall–Kier alpha value is -3.17. The molecule has 2 amide bonds. The molecule has 1 aromatic rings. The molecule has 1 N–H and O–H groups in total. The van der Waals surface area contributed by atoms with E-state index >= 15 is 0 Å². The van der Waals surface area contributed by atoms with Gasteiger partial charge in [-0.3, -0.25) is 24.5 Å². The van der Waals surface area contributed by atoms with Crippen molar-refractivity contribution in [2.75, 3.05) is 32.8 Å². The van der Waals surface area contributed by atoms with Crippen LogP contribution >= 0.6 is 0 Å². The minimum atomic E-state index is -1.18. The fourth-order valence-corrected chi connectivity index (χ4v) is 2.35. The van der Waals surface area contributed by atoms with E-state index in [1.165, 1.54) is 34.1 Å². The quantitative estimate of drug-likeness (QED) is 0.437. The zero-order chi connectivity index (χ0) is 18.4. The molecule has 10 nitrogen and oxygen atoms in total. The summed E-state index contributed by atoms with van der Waals surface area (Å²) in [4.78, 5) is 47.2. The maximum Gasteiger partial charge on any atom is 0.312 e. The maximum absolute atomic E-state index is 12.1. The first-order chi connectivity index (χ1) is 11.9. The van der Waals surface area contributed by atoms with E-state index in [0.29, 0.717) is 18.8 Å². The number of nitro benzene ring substituents is 1. The van der Waals surface area contributed by atoms with E-state index in [1.54, 1.807) is 0 Å². The van der Waals surface area contributed by atoms with Crippen molar-refractivity contribution in [1.29, 1.82) is 0 Å². The third-order valence-corrected chi connectivity index (χ3v) is 3.70. The SMILES string of the molecule is O=C(O)CC(=O)N1CCN(C(=O)COc2ccc([N+](=O)[O-])cc2)CC1. The highest BCUT2D eigenvalue weighted by Crippen LogP contribution is 2.17. The molecule has 1 saturated heterocycles. The highest BCUT2D eigenvalue weighted by atomic mass is 16.6. The summed E-state index contributed by atoms with van der Waals surface area (Å²) < 4.78 is 5.31. The van der Waals surface area contributed by atoms with Crippen LogP contribution in [0.4, 0.5) is 5.69 Å². The van der Waals surface area contributed by atoms with Crippen molar-refractivity contribution in [3.05, 3.63) is 34.4 Å². The first kappa shape index (κ1) is 18.2. The Kier molecular flexibility index (Phi) is 5.88. The summed E-state index contributed by atoms with van der Waals surface area (Å²) in [5, 5.41) is 19.2. The molecule has 1 aliphatic rings. The van der Waals surface area contributed by atoms with Gasteiger partial charge in [-0.2, -0.15) is 0 Å². The summed E-state index contributed by atoms with van der Waals surface area (Å²) >= 11 is 0. The van der Waals surface area contributed by atoms with Crippen LogP contribution < -0.4 is 4.74 Å². The molecule has 134 valence electrons. The van der Waals surface area contributed by atoms with E-state index in [-0.39, 0.29) is 31.3 Å². The van der Waals surface area contributed by atoms with Crippen LogP contribution in [0.2, 0.25) is 0 Å². The van der Waals surface area contributed by atoms with Crippen LogP contribution in [0.5, 0.6) is 5.75 Å². The molecule has 0 spiro atoms. The lowest BCUT2D eigenvalue weighted by atomic mass is 10.2. The Bertz CT molecular complexity index is 666. The molecule has 0 unspecified atom stereocenters. The second kappa shape index (κ2) is 8.08. The molecular formula is C15H17N3O7. The number of benzene rings is 1. The maximum atomic E-state index is 12.1. The number of carbonyl (C=O) groups excluding carboxylic acids is 2. The summed E-state index contributed by atoms with van der Waals surface area (Å²) in [6.45, 7) is 0.924. The van der Waals surface area contributed by atoms with Gasteiger partial charge in [-0.15, -0.1) is 0 Å². The number of ether oxygens (including phenoxy) is 1. The van der Waals surface area contributed by atoms with Crippen LogP contribution in [0.15, 0.2) is 24.3 Å². The molecule has 1 heterocycles. The Balaban J connectivity index is 1.78. The zero-order valence-electron chi connectivity index (χ0n) is 13.3. The van der Waals surface area contributed by atoms with Gasteiger partial charge in [-0.05, 0) is 12.1 Å². The summed E-state index contributed by atoms with van der Waals surface area (Å²) in [6.07, 6.45) is -0.558. The fourth-order valence-electron chi connectivity index (χ4n) is 2.35. The van der Waals surface area contributed by atoms with Crippen LogP contribution in [-0.2, 0) is 14.4 Å². The molecule has 0 aromatic heterocycles. The Morgan fingerprint density at radius 2 is 1.56 bits per heavy atom. The third-order valence-electron chi connectivity index (χ3n) is 3.70. The van der Waals surface area contributed by atoms with Crippen LogP contribution in [0.3, 0.4) is 0 Å². The first-order valence-electron chi connectivity index (χ1n) is 7.51. The summed E-state index contributed by atoms with van der Waals surface area (Å²) in [5.74, 6) is -1.58. The molecule has 25 heavy (non-hydrogen) atoms. The Morgan fingerprint density at radius 3 is 2.04 bits per heavy atom. The lowest BCUT2D eigenvalue weighted by Crippen LogP contribution is -2.51. The smallest absolute Gasteiger partial charge is 0.312 e. The molecule has 0 bridgehead atoms. The van der Waals surface area contributed by atoms with Crippen LogP contribution in [0, 0.1) is 10.1 Å². The molecule has 0 radical (unpaired) electrons. The number of carbonyl (C=O) groups is 3. The van der Waals surface area contributed by atoms with Gasteiger partial charge in [0.2, 0.25) is 5.91 Å². The van der Waals surface area contributed by atoms with Gasteiger partial charge in [0.1, 0.15) is 12.2 Å². The van der Waals surface area contributed by atoms with Gasteiger partial charge in [-0.1, -0.05) is 0 Å². The van der Waals surface area contributed by atoms with Gasteiger partial charge in [0.05, 0.1) is 4.92 Å². The average Bonchev–Trinajstić information content (AvgIpc) is 2.59. The van der Waals surface area contributed by atoms with Crippen molar-refractivity contribution in [3.63, 3.8) is 0 Å². The minimum absolute atomic E-state index is 0.0687. The predicted octanol–water partition coefficient (Wildman–Crippen LogP) is 0.119. The summed E-state index contributed by atoms with van der Waals surface area (Å²) in [5.41, 5.74) is -0.0687.